The van der Waals surface area contributed by atoms with Gasteiger partial charge in [0.25, 0.3) is 0 Å². The highest BCUT2D eigenvalue weighted by atomic mass is 16.5. The third-order valence-electron chi connectivity index (χ3n) is 4.53. The van der Waals surface area contributed by atoms with Crippen LogP contribution in [-0.2, 0) is 0 Å². The highest BCUT2D eigenvalue weighted by Gasteiger charge is 2.20. The zero-order valence-corrected chi connectivity index (χ0v) is 17.0. The molecule has 5 heterocycles. The summed E-state index contributed by atoms with van der Waals surface area (Å²) in [4.78, 5) is 33.5. The number of aliphatic imine (C=N–C) groups is 1. The van der Waals surface area contributed by atoms with Gasteiger partial charge in [0.2, 0.25) is 5.88 Å². The van der Waals surface area contributed by atoms with Crippen LogP contribution < -0.4 is 20.1 Å². The molecule has 0 aliphatic carbocycles. The van der Waals surface area contributed by atoms with Crippen LogP contribution in [-0.4, -0.2) is 54.3 Å². The van der Waals surface area contributed by atoms with Gasteiger partial charge in [0.1, 0.15) is 40.9 Å². The molecule has 5 rings (SSSR count). The van der Waals surface area contributed by atoms with Crippen molar-refractivity contribution in [3.8, 4) is 17.6 Å². The number of fused-ring (bicyclic) bond motifs is 3. The van der Waals surface area contributed by atoms with E-state index in [1.165, 1.54) is 6.33 Å². The summed E-state index contributed by atoms with van der Waals surface area (Å²) in [6.45, 7) is 4.05. The van der Waals surface area contributed by atoms with Gasteiger partial charge in [-0.15, -0.1) is 0 Å². The van der Waals surface area contributed by atoms with Crippen LogP contribution in [0, 0.1) is 6.92 Å². The molecular weight excluding hydrogens is 400 g/mol. The van der Waals surface area contributed by atoms with Crippen molar-refractivity contribution in [1.29, 1.82) is 0 Å². The van der Waals surface area contributed by atoms with Crippen LogP contribution in [0.3, 0.4) is 0 Å². The van der Waals surface area contributed by atoms with Crippen molar-refractivity contribution in [2.75, 3.05) is 18.9 Å². The second kappa shape index (κ2) is 7.48. The van der Waals surface area contributed by atoms with Gasteiger partial charge in [-0.05, 0) is 13.8 Å². The third kappa shape index (κ3) is 3.54. The lowest BCUT2D eigenvalue weighted by molar-refractivity contribution is 0.370. The van der Waals surface area contributed by atoms with Gasteiger partial charge in [0.05, 0.1) is 18.2 Å². The van der Waals surface area contributed by atoms with Crippen molar-refractivity contribution in [3.05, 3.63) is 36.5 Å². The monoisotopic (exact) mass is 418 g/mol. The number of hydrogen-bond acceptors (Lipinski definition) is 11. The van der Waals surface area contributed by atoms with E-state index in [4.69, 9.17) is 9.47 Å². The van der Waals surface area contributed by atoms with Gasteiger partial charge in [0, 0.05) is 13.2 Å². The number of amidine groups is 1. The van der Waals surface area contributed by atoms with Gasteiger partial charge in [-0.3, -0.25) is 4.99 Å². The van der Waals surface area contributed by atoms with Crippen molar-refractivity contribution in [2.45, 2.75) is 13.8 Å². The Morgan fingerprint density at radius 1 is 1.03 bits per heavy atom. The highest BCUT2D eigenvalue weighted by Crippen LogP contribution is 2.35. The van der Waals surface area contributed by atoms with Gasteiger partial charge >= 0.3 is 6.01 Å². The van der Waals surface area contributed by atoms with Gasteiger partial charge in [-0.2, -0.15) is 9.97 Å². The molecule has 156 valence electrons. The molecular formula is C19H18N10O2. The molecule has 1 aliphatic rings. The normalized spacial score (nSPS) is 13.5. The fourth-order valence-corrected chi connectivity index (χ4v) is 3.04. The number of aromatic nitrogens is 7. The van der Waals surface area contributed by atoms with Gasteiger partial charge in [-0.25, -0.2) is 19.9 Å². The average Bonchev–Trinajstić information content (AvgIpc) is 3.16. The predicted molar refractivity (Wildman–Crippen MR) is 113 cm³/mol. The molecule has 0 fully saturated rings. The molecule has 0 amide bonds. The first kappa shape index (κ1) is 18.7. The fourth-order valence-electron chi connectivity index (χ4n) is 3.04. The lowest BCUT2D eigenvalue weighted by Crippen LogP contribution is -2.21. The van der Waals surface area contributed by atoms with Crippen LogP contribution in [0.25, 0.3) is 22.1 Å². The molecule has 3 N–H and O–H groups in total. The summed E-state index contributed by atoms with van der Waals surface area (Å²) in [5.74, 6) is 3.31. The smallest absolute Gasteiger partial charge is 0.327 e. The minimum absolute atomic E-state index is 0.101. The number of anilines is 1. The van der Waals surface area contributed by atoms with E-state index in [0.717, 1.165) is 5.84 Å². The molecule has 0 aromatic carbocycles. The van der Waals surface area contributed by atoms with Gasteiger partial charge < -0.3 is 25.1 Å². The quantitative estimate of drug-likeness (QED) is 0.440. The molecule has 0 atom stereocenters. The number of ether oxygens (including phenoxy) is 2. The van der Waals surface area contributed by atoms with Crippen LogP contribution in [0.15, 0.2) is 35.7 Å². The summed E-state index contributed by atoms with van der Waals surface area (Å²) < 4.78 is 11.9. The van der Waals surface area contributed by atoms with Crippen LogP contribution in [0.4, 0.5) is 5.82 Å². The van der Waals surface area contributed by atoms with E-state index in [1.807, 2.05) is 6.92 Å². The van der Waals surface area contributed by atoms with E-state index >= 15 is 0 Å². The number of aryl methyl sites for hydroxylation is 1. The number of nitrogens with one attached hydrogen (secondary N) is 3. The predicted octanol–water partition coefficient (Wildman–Crippen LogP) is 2.08. The van der Waals surface area contributed by atoms with Crippen LogP contribution in [0.1, 0.15) is 12.7 Å². The zero-order chi connectivity index (χ0) is 21.4. The Kier molecular flexibility index (Phi) is 4.50. The maximum atomic E-state index is 6.01. The molecule has 12 nitrogen and oxygen atoms in total. The van der Waals surface area contributed by atoms with Crippen LogP contribution >= 0.6 is 0 Å². The summed E-state index contributed by atoms with van der Waals surface area (Å²) in [6.07, 6.45) is 6.33. The Morgan fingerprint density at radius 3 is 2.61 bits per heavy atom. The summed E-state index contributed by atoms with van der Waals surface area (Å²) in [5, 5.41) is 6.64. The Hall–Kier alpha value is -4.35. The van der Waals surface area contributed by atoms with Gasteiger partial charge in [0.15, 0.2) is 17.2 Å². The molecule has 0 saturated heterocycles. The molecule has 0 radical (unpaired) electrons. The third-order valence-corrected chi connectivity index (χ3v) is 4.53. The van der Waals surface area contributed by atoms with Crippen molar-refractivity contribution >= 4 is 33.7 Å². The maximum absolute atomic E-state index is 6.01. The highest BCUT2D eigenvalue weighted by molar-refractivity contribution is 6.09. The molecule has 12 heteroatoms. The van der Waals surface area contributed by atoms with Crippen molar-refractivity contribution in [3.63, 3.8) is 0 Å². The maximum Gasteiger partial charge on any atom is 0.327 e. The number of hydrogen-bond donors (Lipinski definition) is 3. The SMILES string of the molecule is CNc1ncnc2c1[nH]c1nc(OC3=CNC(C)=NC3)nc(Oc3cnc(C)nc3)c12. The minimum Gasteiger partial charge on any atom is -0.435 e. The Labute approximate surface area is 175 Å². The number of aromatic amines is 1. The van der Waals surface area contributed by atoms with E-state index in [2.05, 4.69) is 50.5 Å². The molecule has 4 aromatic heterocycles. The zero-order valence-electron chi connectivity index (χ0n) is 17.0. The summed E-state index contributed by atoms with van der Waals surface area (Å²) in [6, 6.07) is 0.101. The fraction of sp³-hybridized carbons (Fsp3) is 0.211. The van der Waals surface area contributed by atoms with Crippen LogP contribution in [0.5, 0.6) is 17.6 Å². The van der Waals surface area contributed by atoms with Crippen molar-refractivity contribution < 1.29 is 9.47 Å². The van der Waals surface area contributed by atoms with Crippen molar-refractivity contribution in [1.82, 2.24) is 40.2 Å². The first-order valence-corrected chi connectivity index (χ1v) is 9.44. The molecule has 0 saturated carbocycles. The second-order valence-corrected chi connectivity index (χ2v) is 6.68. The number of H-pyrrole nitrogens is 1. The van der Waals surface area contributed by atoms with Gasteiger partial charge in [-0.1, -0.05) is 0 Å². The minimum atomic E-state index is 0.101. The largest absolute Gasteiger partial charge is 0.435 e. The molecule has 1 aliphatic heterocycles. The molecule has 0 bridgehead atoms. The summed E-state index contributed by atoms with van der Waals surface area (Å²) in [5.41, 5.74) is 1.78. The molecule has 0 unspecified atom stereocenters. The molecule has 31 heavy (non-hydrogen) atoms. The van der Waals surface area contributed by atoms with Crippen LogP contribution in [0.2, 0.25) is 0 Å². The van der Waals surface area contributed by atoms with Crippen molar-refractivity contribution in [2.24, 2.45) is 4.99 Å². The number of rotatable bonds is 5. The second-order valence-electron chi connectivity index (χ2n) is 6.68. The van der Waals surface area contributed by atoms with E-state index in [9.17, 15) is 0 Å². The Balaban J connectivity index is 1.63. The first-order valence-electron chi connectivity index (χ1n) is 9.44. The summed E-state index contributed by atoms with van der Waals surface area (Å²) in [7, 11) is 1.78. The summed E-state index contributed by atoms with van der Waals surface area (Å²) >= 11 is 0. The number of nitrogens with zero attached hydrogens (tertiary/aromatic N) is 7. The average molecular weight is 418 g/mol. The van der Waals surface area contributed by atoms with E-state index < -0.39 is 0 Å². The standard InChI is InChI=1S/C19H18N10O2/c1-9-21-4-11(5-22-9)30-18-13-14-15(17(20-3)26-8-25-14)27-16(13)28-19(29-18)31-12-6-23-10(2)24-7-12/h4-6,8H,7H2,1-3H3,(H,23,24)(H,20,25,26)(H,27,28,29). The lowest BCUT2D eigenvalue weighted by Gasteiger charge is -2.13. The topological polar surface area (TPSA) is 148 Å². The van der Waals surface area contributed by atoms with E-state index in [-0.39, 0.29) is 11.9 Å². The lowest BCUT2D eigenvalue weighted by atomic mass is 10.3. The van der Waals surface area contributed by atoms with E-state index in [1.54, 1.807) is 32.6 Å². The molecule has 4 aromatic rings. The van der Waals surface area contributed by atoms with E-state index in [0.29, 0.717) is 51.8 Å². The first-order chi connectivity index (χ1) is 15.1. The molecule has 0 spiro atoms. The Morgan fingerprint density at radius 2 is 1.87 bits per heavy atom. The Bertz CT molecular complexity index is 1340.